The molecule has 0 radical (unpaired) electrons. The van der Waals surface area contributed by atoms with Crippen molar-refractivity contribution in [3.8, 4) is 0 Å². The predicted molar refractivity (Wildman–Crippen MR) is 351 cm³/mol. The number of carbonyl (C=O) groups is 9. The minimum atomic E-state index is -1.90. The third kappa shape index (κ3) is 19.2. The number of likely N-dealkylation sites (N-methyl/N-ethyl adjacent to an activating group) is 1. The van der Waals surface area contributed by atoms with Crippen LogP contribution in [0.2, 0.25) is 5.02 Å². The zero-order valence-electron chi connectivity index (χ0n) is 53.7. The number of aliphatic hydroxyl groups is 1. The van der Waals surface area contributed by atoms with Crippen molar-refractivity contribution in [2.75, 3.05) is 43.3 Å². The van der Waals surface area contributed by atoms with E-state index in [-0.39, 0.29) is 91.6 Å². The highest BCUT2D eigenvalue weighted by Crippen LogP contribution is 2.49. The fraction of sp³-hybridized carbons (Fsp3) is 0.576. The Bertz CT molecular complexity index is 3240. The molecule has 4 bridgehead atoms. The highest BCUT2D eigenvalue weighted by Gasteiger charge is 2.64. The molecule has 0 spiro atoms. The largest absolute Gasteiger partial charge is 0.462 e. The molecule has 6 amide bonds. The molecule has 22 nitrogen and oxygen atoms in total. The molecular formula is C66H88Br2ClN7O15. The van der Waals surface area contributed by atoms with Crippen LogP contribution in [0.1, 0.15) is 133 Å². The molecule has 91 heavy (non-hydrogen) atoms. The van der Waals surface area contributed by atoms with Crippen molar-refractivity contribution in [1.29, 1.82) is 0 Å². The summed E-state index contributed by atoms with van der Waals surface area (Å²) < 4.78 is 29.7. The number of alkyl carbamates (subject to hydrolysis) is 1. The van der Waals surface area contributed by atoms with E-state index in [1.54, 1.807) is 51.2 Å². The van der Waals surface area contributed by atoms with E-state index in [0.29, 0.717) is 58.0 Å². The van der Waals surface area contributed by atoms with Gasteiger partial charge >= 0.3 is 24.1 Å². The zero-order valence-corrected chi connectivity index (χ0v) is 57.7. The van der Waals surface area contributed by atoms with Gasteiger partial charge in [0.05, 0.1) is 52.4 Å². The number of ketones is 2. The van der Waals surface area contributed by atoms with E-state index in [9.17, 15) is 48.3 Å². The number of nitrogens with one attached hydrogen (secondary N) is 3. The van der Waals surface area contributed by atoms with Crippen molar-refractivity contribution in [3.63, 3.8) is 0 Å². The van der Waals surface area contributed by atoms with Gasteiger partial charge < -0.3 is 55.0 Å². The third-order valence-corrected chi connectivity index (χ3v) is 19.6. The Morgan fingerprint density at radius 3 is 2.40 bits per heavy atom. The van der Waals surface area contributed by atoms with Crippen LogP contribution in [-0.2, 0) is 65.3 Å². The number of nitrogens with two attached hydrogens (primary N) is 1. The average Bonchev–Trinajstić information content (AvgIpc) is 1.60. The quantitative estimate of drug-likeness (QED) is 0.0165. The Kier molecular flexibility index (Phi) is 26.7. The van der Waals surface area contributed by atoms with Crippen molar-refractivity contribution in [2.24, 2.45) is 29.4 Å². The number of anilines is 1. The van der Waals surface area contributed by atoms with Gasteiger partial charge in [-0.25, -0.2) is 14.4 Å². The van der Waals surface area contributed by atoms with Crippen LogP contribution in [0.4, 0.5) is 15.3 Å². The number of amides is 6. The summed E-state index contributed by atoms with van der Waals surface area (Å²) in [5.41, 5.74) is 5.76. The second-order valence-electron chi connectivity index (χ2n) is 24.8. The van der Waals surface area contributed by atoms with Crippen molar-refractivity contribution >= 4 is 113 Å². The standard InChI is InChI=1S/C66H88Br2ClN7O15/c1-36(2)48(31-45(77)19-13-12-18-39(5)88-62(83)44(34-67)35-68)59(80)73-49(21-16-26-72-63(70)84)51(78)30-43-23-24-47(57-46(43)20-15-25-71-57)60(81)75(9)41(7)61(82)90-54-32-55(79)76(10)50-29-42(28-38(4)56(50)69)27-37(3)17-14-22-53(87-11)66(86)33-52(89-64(85)74-66)40(6)58-65(54,8)91-58/h14-15,17,20,22-25,28-29,36,39-41,44,48-49,52-54,58,86H,12-13,16,18-19,21,26-27,30-35H2,1-11H3,(H,73,80)(H,74,85)(H3,70,72,84)/b22-14+,37-17+/t39?,40-,41+,48+,49+,52+,53-,54+,58+,65+,66+/m1/s1. The Morgan fingerprint density at radius 1 is 1.01 bits per heavy atom. The number of hydrogen-bond acceptors (Lipinski definition) is 16. The molecule has 25 heteroatoms. The number of Topliss-reactive ketones (excluding diaryl/α,β-unsaturated/α-hetero) is 2. The van der Waals surface area contributed by atoms with Crippen LogP contribution in [0.5, 0.6) is 0 Å². The molecular weight excluding hydrogens is 1330 g/mol. The summed E-state index contributed by atoms with van der Waals surface area (Å²) >= 11 is 13.5. The van der Waals surface area contributed by atoms with Gasteiger partial charge in [0, 0.05) is 87.5 Å². The first kappa shape index (κ1) is 73.7. The maximum absolute atomic E-state index is 14.7. The van der Waals surface area contributed by atoms with Crippen LogP contribution >= 0.6 is 43.5 Å². The summed E-state index contributed by atoms with van der Waals surface area (Å²) in [5, 5.41) is 21.6. The maximum Gasteiger partial charge on any atom is 0.409 e. The summed E-state index contributed by atoms with van der Waals surface area (Å²) in [7, 11) is 4.41. The molecule has 1 aromatic heterocycles. The molecule has 2 aromatic carbocycles. The van der Waals surface area contributed by atoms with E-state index in [4.69, 9.17) is 41.0 Å². The van der Waals surface area contributed by atoms with Gasteiger partial charge in [-0.3, -0.25) is 39.1 Å². The molecule has 2 fully saturated rings. The molecule has 0 saturated carbocycles. The van der Waals surface area contributed by atoms with Gasteiger partial charge in [0.2, 0.25) is 11.8 Å². The minimum Gasteiger partial charge on any atom is -0.462 e. The molecule has 1 unspecified atom stereocenters. The number of primary amides is 1. The minimum absolute atomic E-state index is 0.0542. The van der Waals surface area contributed by atoms with Crippen LogP contribution in [0.25, 0.3) is 10.9 Å². The fourth-order valence-corrected chi connectivity index (χ4v) is 13.5. The number of carbonyl (C=O) groups excluding carboxylic acids is 9. The number of benzene rings is 2. The molecule has 3 aliphatic heterocycles. The lowest BCUT2D eigenvalue weighted by Crippen LogP contribution is -2.63. The second-order valence-corrected chi connectivity index (χ2v) is 26.5. The van der Waals surface area contributed by atoms with E-state index in [1.165, 1.54) is 43.1 Å². The number of nitrogens with zero attached hydrogens (tertiary/aromatic N) is 3. The topological polar surface area (TPSA) is 305 Å². The van der Waals surface area contributed by atoms with Gasteiger partial charge in [-0.05, 0) is 114 Å². The lowest BCUT2D eigenvalue weighted by Gasteiger charge is -2.42. The number of allylic oxidation sites excluding steroid dienone is 3. The Hall–Kier alpha value is -6.31. The number of rotatable bonds is 26. The first-order chi connectivity index (χ1) is 43.0. The maximum atomic E-state index is 14.7. The summed E-state index contributed by atoms with van der Waals surface area (Å²) in [5.74, 6) is -5.27. The van der Waals surface area contributed by atoms with Crippen LogP contribution in [0.15, 0.2) is 66.4 Å². The van der Waals surface area contributed by atoms with Gasteiger partial charge in [-0.1, -0.05) is 106 Å². The summed E-state index contributed by atoms with van der Waals surface area (Å²) in [6.07, 6.45) is 3.50. The monoisotopic (exact) mass is 1410 g/mol. The number of hydrogen-bond donors (Lipinski definition) is 5. The van der Waals surface area contributed by atoms with E-state index < -0.39 is 102 Å². The predicted octanol–water partition coefficient (Wildman–Crippen LogP) is 8.85. The second kappa shape index (κ2) is 33.0. The van der Waals surface area contributed by atoms with Gasteiger partial charge in [0.15, 0.2) is 11.5 Å². The van der Waals surface area contributed by atoms with E-state index in [0.717, 1.165) is 16.7 Å². The molecule has 11 atom stereocenters. The Labute approximate surface area is 554 Å². The Morgan fingerprint density at radius 2 is 1.73 bits per heavy atom. The highest BCUT2D eigenvalue weighted by atomic mass is 79.9. The number of esters is 2. The smallest absolute Gasteiger partial charge is 0.409 e. The molecule has 2 saturated heterocycles. The molecule has 6 rings (SSSR count). The number of fused-ring (bicyclic) bond motifs is 6. The number of aromatic nitrogens is 1. The number of pyridine rings is 1. The SMILES string of the molecule is CO[C@@H]1/C=C/C=C(\C)Cc2cc(C)c(Cl)c(c2)N(C)C(=O)C[C@H](OC(=O)[C@H](C)N(C)C(=O)c2ccc(CC(=O)[C@H](CCCNC(N)=O)NC(=O)[C@@H](CC(=O)CCCCC(C)OC(=O)C(CBr)CBr)C(C)C)c3cccnc23)[C@]2(C)O[C@H]2[C@H](C)[C@@H]2C[C@@]1(O)NC(=O)O2. The summed E-state index contributed by atoms with van der Waals surface area (Å²) in [6, 6.07) is 7.11. The van der Waals surface area contributed by atoms with E-state index >= 15 is 0 Å². The Balaban J connectivity index is 1.20. The van der Waals surface area contributed by atoms with Crippen LogP contribution < -0.4 is 26.6 Å². The lowest BCUT2D eigenvalue weighted by molar-refractivity contribution is -0.158. The van der Waals surface area contributed by atoms with Crippen molar-refractivity contribution in [1.82, 2.24) is 25.8 Å². The molecule has 0 aliphatic carbocycles. The fourth-order valence-electron chi connectivity index (χ4n) is 11.6. The number of unbranched alkanes of at least 4 members (excludes halogenated alkanes) is 1. The average molecular weight is 1410 g/mol. The van der Waals surface area contributed by atoms with Crippen molar-refractivity contribution < 1.29 is 71.9 Å². The molecule has 3 aliphatic rings. The number of alkyl halides is 2. The first-order valence-electron chi connectivity index (χ1n) is 30.8. The summed E-state index contributed by atoms with van der Waals surface area (Å²) in [4.78, 5) is 130. The van der Waals surface area contributed by atoms with Crippen LogP contribution in [-0.4, -0.2) is 161 Å². The number of urea groups is 1. The highest BCUT2D eigenvalue weighted by molar-refractivity contribution is 9.09. The molecule has 498 valence electrons. The van der Waals surface area contributed by atoms with E-state index in [2.05, 4.69) is 52.8 Å². The molecule has 3 aromatic rings. The van der Waals surface area contributed by atoms with E-state index in [1.807, 2.05) is 52.8 Å². The van der Waals surface area contributed by atoms with Gasteiger partial charge in [-0.2, -0.15) is 0 Å². The first-order valence-corrected chi connectivity index (χ1v) is 33.4. The van der Waals surface area contributed by atoms with Gasteiger partial charge in [0.25, 0.3) is 5.91 Å². The third-order valence-electron chi connectivity index (χ3n) is 17.5. The zero-order chi connectivity index (χ0) is 67.2. The number of ether oxygens (including phenoxy) is 5. The van der Waals surface area contributed by atoms with Gasteiger partial charge in [0.1, 0.15) is 35.7 Å². The number of halogens is 3. The van der Waals surface area contributed by atoms with Crippen molar-refractivity contribution in [3.05, 3.63) is 93.7 Å². The lowest BCUT2D eigenvalue weighted by atomic mass is 9.83. The normalized spacial score (nSPS) is 24.1. The molecule has 6 N–H and O–H groups in total. The van der Waals surface area contributed by atoms with Crippen molar-refractivity contribution in [2.45, 2.75) is 180 Å². The summed E-state index contributed by atoms with van der Waals surface area (Å²) in [6.45, 7) is 14.3. The van der Waals surface area contributed by atoms with Crippen LogP contribution in [0.3, 0.4) is 0 Å². The number of epoxide rings is 1. The van der Waals surface area contributed by atoms with Crippen LogP contribution in [0, 0.1) is 30.6 Å². The molecule has 4 heterocycles. The number of methoxy groups -OCH3 is 1. The number of aryl methyl sites for hydroxylation is 1. The van der Waals surface area contributed by atoms with Gasteiger partial charge in [-0.15, -0.1) is 0 Å².